The molecule has 1 unspecified atom stereocenters. The average Bonchev–Trinajstić information content (AvgIpc) is 2.04. The minimum Gasteiger partial charge on any atom is -0.303 e. The second kappa shape index (κ2) is 3.87. The van der Waals surface area contributed by atoms with Gasteiger partial charge in [-0.15, -0.1) is 0 Å². The summed E-state index contributed by atoms with van der Waals surface area (Å²) in [5.74, 6) is 0. The fraction of sp³-hybridized carbons (Fsp3) is 0.400. The molecule has 1 rings (SSSR count). The number of benzene rings is 1. The number of hydrogen-bond acceptors (Lipinski definition) is 1. The van der Waals surface area contributed by atoms with Crippen molar-refractivity contribution < 1.29 is 0 Å². The second-order valence-corrected chi connectivity index (χ2v) is 3.77. The van der Waals surface area contributed by atoms with Gasteiger partial charge in [0, 0.05) is 6.04 Å². The molecule has 12 heavy (non-hydrogen) atoms. The number of rotatable bonds is 2. The Hall–Kier alpha value is -0.603. The predicted molar refractivity (Wildman–Crippen MR) is 53.9 cm³/mol. The second-order valence-electron chi connectivity index (χ2n) is 3.23. The Morgan fingerprint density at radius 3 is 2.33 bits per heavy atom. The molecular formula is C10H14NSi. The van der Waals surface area contributed by atoms with E-state index < -0.39 is 0 Å². The molecule has 0 aliphatic heterocycles. The van der Waals surface area contributed by atoms with Crippen molar-refractivity contribution in [1.29, 1.82) is 0 Å². The molecule has 0 N–H and O–H groups in total. The van der Waals surface area contributed by atoms with Gasteiger partial charge in [-0.25, -0.2) is 0 Å². The summed E-state index contributed by atoms with van der Waals surface area (Å²) in [7, 11) is 7.76. The van der Waals surface area contributed by atoms with Crippen LogP contribution in [-0.2, 0) is 0 Å². The highest BCUT2D eigenvalue weighted by Crippen LogP contribution is 2.13. The van der Waals surface area contributed by atoms with Crippen LogP contribution < -0.4 is 5.19 Å². The van der Waals surface area contributed by atoms with Crippen LogP contribution in [0.1, 0.15) is 18.5 Å². The Kier molecular flexibility index (Phi) is 3.06. The highest BCUT2D eigenvalue weighted by molar-refractivity contribution is 6.33. The van der Waals surface area contributed by atoms with Gasteiger partial charge in [-0.05, 0) is 26.6 Å². The van der Waals surface area contributed by atoms with Crippen molar-refractivity contribution >= 4 is 15.4 Å². The Balaban J connectivity index is 2.94. The lowest BCUT2D eigenvalue weighted by Gasteiger charge is -2.21. The lowest BCUT2D eigenvalue weighted by molar-refractivity contribution is 0.322. The zero-order valence-corrected chi connectivity index (χ0v) is 8.83. The van der Waals surface area contributed by atoms with Crippen LogP contribution in [0, 0.1) is 0 Å². The van der Waals surface area contributed by atoms with E-state index in [1.807, 2.05) is 6.07 Å². The molecule has 1 atom stereocenters. The van der Waals surface area contributed by atoms with Gasteiger partial charge in [-0.1, -0.05) is 29.5 Å². The van der Waals surface area contributed by atoms with Crippen LogP contribution in [0.2, 0.25) is 0 Å². The summed E-state index contributed by atoms with van der Waals surface area (Å²) in [5.41, 5.74) is 1.33. The van der Waals surface area contributed by atoms with Gasteiger partial charge in [-0.2, -0.15) is 0 Å². The minimum absolute atomic E-state index is 0.457. The quantitative estimate of drug-likeness (QED) is 0.610. The summed E-state index contributed by atoms with van der Waals surface area (Å²) in [5, 5.41) is 1.18. The zero-order valence-electron chi connectivity index (χ0n) is 7.83. The molecule has 0 saturated heterocycles. The van der Waals surface area contributed by atoms with Gasteiger partial charge in [0.2, 0.25) is 0 Å². The Bertz CT molecular complexity index is 258. The van der Waals surface area contributed by atoms with Gasteiger partial charge in [0.15, 0.2) is 0 Å². The summed E-state index contributed by atoms with van der Waals surface area (Å²) in [4.78, 5) is 2.19. The maximum atomic E-state index is 3.59. The molecule has 0 aliphatic rings. The molecule has 0 aromatic heterocycles. The van der Waals surface area contributed by atoms with Crippen molar-refractivity contribution in [2.45, 2.75) is 13.0 Å². The lowest BCUT2D eigenvalue weighted by Crippen LogP contribution is -2.23. The van der Waals surface area contributed by atoms with Crippen LogP contribution in [0.25, 0.3) is 0 Å². The van der Waals surface area contributed by atoms with Crippen molar-refractivity contribution in [3.63, 3.8) is 0 Å². The molecule has 3 radical (unpaired) electrons. The molecular weight excluding hydrogens is 162 g/mol. The molecule has 63 valence electrons. The molecule has 1 aromatic carbocycles. The summed E-state index contributed by atoms with van der Waals surface area (Å²) in [6, 6.07) is 8.78. The minimum atomic E-state index is 0.457. The van der Waals surface area contributed by atoms with Gasteiger partial charge in [0.1, 0.15) is 0 Å². The van der Waals surface area contributed by atoms with Crippen molar-refractivity contribution in [3.05, 3.63) is 29.8 Å². The van der Waals surface area contributed by atoms with Crippen molar-refractivity contribution in [1.82, 2.24) is 4.90 Å². The molecule has 1 nitrogen and oxygen atoms in total. The Morgan fingerprint density at radius 1 is 1.25 bits per heavy atom. The molecule has 0 heterocycles. The maximum absolute atomic E-state index is 3.59. The number of nitrogens with zero attached hydrogens (tertiary/aromatic N) is 1. The number of hydrogen-bond donors (Lipinski definition) is 0. The van der Waals surface area contributed by atoms with Gasteiger partial charge in [0.25, 0.3) is 0 Å². The molecule has 0 fully saturated rings. The predicted octanol–water partition coefficient (Wildman–Crippen LogP) is 1.10. The SMILES string of the molecule is CC(c1ccccc1[Si])N(C)C. The standard InChI is InChI=1S/C10H14NSi/c1-8(11(2)3)9-6-4-5-7-10(9)12/h4-8H,1-3H3. The molecule has 0 spiro atoms. The highest BCUT2D eigenvalue weighted by atomic mass is 28.1. The monoisotopic (exact) mass is 176 g/mol. The fourth-order valence-corrected chi connectivity index (χ4v) is 1.53. The third kappa shape index (κ3) is 1.96. The van der Waals surface area contributed by atoms with E-state index in [9.17, 15) is 0 Å². The fourth-order valence-electron chi connectivity index (χ4n) is 1.14. The van der Waals surface area contributed by atoms with E-state index in [1.54, 1.807) is 0 Å². The van der Waals surface area contributed by atoms with E-state index in [-0.39, 0.29) is 0 Å². The average molecular weight is 176 g/mol. The Morgan fingerprint density at radius 2 is 1.83 bits per heavy atom. The highest BCUT2D eigenvalue weighted by Gasteiger charge is 2.08. The van der Waals surface area contributed by atoms with Crippen molar-refractivity contribution in [2.24, 2.45) is 0 Å². The van der Waals surface area contributed by atoms with Gasteiger partial charge >= 0.3 is 0 Å². The maximum Gasteiger partial charge on any atom is 0.0716 e. The molecule has 0 saturated carbocycles. The van der Waals surface area contributed by atoms with E-state index >= 15 is 0 Å². The van der Waals surface area contributed by atoms with Gasteiger partial charge < -0.3 is 4.90 Å². The first-order valence-electron chi connectivity index (χ1n) is 4.10. The first-order valence-corrected chi connectivity index (χ1v) is 4.60. The first kappa shape index (κ1) is 9.48. The van der Waals surface area contributed by atoms with Crippen LogP contribution in [0.3, 0.4) is 0 Å². The van der Waals surface area contributed by atoms with Gasteiger partial charge in [0.05, 0.1) is 10.2 Å². The summed E-state index contributed by atoms with van der Waals surface area (Å²) < 4.78 is 0. The Labute approximate surface area is 77.8 Å². The smallest absolute Gasteiger partial charge is 0.0716 e. The zero-order chi connectivity index (χ0) is 9.14. The lowest BCUT2D eigenvalue weighted by atomic mass is 10.1. The van der Waals surface area contributed by atoms with Crippen LogP contribution in [0.4, 0.5) is 0 Å². The topological polar surface area (TPSA) is 3.24 Å². The summed E-state index contributed by atoms with van der Waals surface area (Å²) in [6.45, 7) is 2.19. The molecule has 2 heteroatoms. The molecule has 0 amide bonds. The molecule has 1 aromatic rings. The van der Waals surface area contributed by atoms with E-state index in [4.69, 9.17) is 0 Å². The molecule has 0 aliphatic carbocycles. The van der Waals surface area contributed by atoms with Crippen LogP contribution >= 0.6 is 0 Å². The normalized spacial score (nSPS) is 13.4. The van der Waals surface area contributed by atoms with E-state index in [0.29, 0.717) is 6.04 Å². The third-order valence-electron chi connectivity index (χ3n) is 2.19. The van der Waals surface area contributed by atoms with E-state index in [0.717, 1.165) is 0 Å². The van der Waals surface area contributed by atoms with Crippen LogP contribution in [0.15, 0.2) is 24.3 Å². The van der Waals surface area contributed by atoms with E-state index in [1.165, 1.54) is 10.8 Å². The van der Waals surface area contributed by atoms with Crippen molar-refractivity contribution in [3.8, 4) is 0 Å². The van der Waals surface area contributed by atoms with Crippen LogP contribution in [0.5, 0.6) is 0 Å². The first-order chi connectivity index (χ1) is 5.63. The molecule has 0 bridgehead atoms. The van der Waals surface area contributed by atoms with Crippen molar-refractivity contribution in [2.75, 3.05) is 14.1 Å². The van der Waals surface area contributed by atoms with E-state index in [2.05, 4.69) is 54.4 Å². The largest absolute Gasteiger partial charge is 0.303 e. The summed E-state index contributed by atoms with van der Waals surface area (Å²) in [6.07, 6.45) is 0. The van der Waals surface area contributed by atoms with Gasteiger partial charge in [-0.3, -0.25) is 0 Å². The summed E-state index contributed by atoms with van der Waals surface area (Å²) >= 11 is 0. The van der Waals surface area contributed by atoms with Crippen LogP contribution in [-0.4, -0.2) is 29.2 Å². The third-order valence-corrected chi connectivity index (χ3v) is 2.64.